The van der Waals surface area contributed by atoms with E-state index in [-0.39, 0.29) is 16.9 Å². The summed E-state index contributed by atoms with van der Waals surface area (Å²) in [6, 6.07) is 23.2. The number of halogens is 3. The molecule has 0 radical (unpaired) electrons. The summed E-state index contributed by atoms with van der Waals surface area (Å²) in [7, 11) is 0. The summed E-state index contributed by atoms with van der Waals surface area (Å²) in [5, 5.41) is 0. The zero-order valence-electron chi connectivity index (χ0n) is 19.4. The van der Waals surface area contributed by atoms with Crippen LogP contribution in [0.4, 0.5) is 13.2 Å². The molecule has 3 heteroatoms. The van der Waals surface area contributed by atoms with E-state index in [2.05, 4.69) is 6.92 Å². The molecule has 0 nitrogen and oxygen atoms in total. The molecule has 0 aliphatic heterocycles. The Labute approximate surface area is 199 Å². The Morgan fingerprint density at radius 1 is 0.618 bits per heavy atom. The van der Waals surface area contributed by atoms with Gasteiger partial charge in [0.05, 0.1) is 0 Å². The monoisotopic (exact) mass is 456 g/mol. The molecule has 34 heavy (non-hydrogen) atoms. The van der Waals surface area contributed by atoms with E-state index in [0.29, 0.717) is 23.1 Å². The van der Waals surface area contributed by atoms with E-state index < -0.39 is 11.6 Å². The molecule has 0 aliphatic rings. The second-order valence-corrected chi connectivity index (χ2v) is 8.40. The van der Waals surface area contributed by atoms with Crippen molar-refractivity contribution in [3.8, 4) is 22.3 Å². The van der Waals surface area contributed by atoms with Crippen molar-refractivity contribution in [3.63, 3.8) is 0 Å². The first-order chi connectivity index (χ1) is 16.5. The second kappa shape index (κ2) is 10.6. The summed E-state index contributed by atoms with van der Waals surface area (Å²) in [6.45, 7) is 4.03. The lowest BCUT2D eigenvalue weighted by Gasteiger charge is -2.10. The van der Waals surface area contributed by atoms with Gasteiger partial charge in [-0.25, -0.2) is 13.2 Å². The number of rotatable bonds is 7. The van der Waals surface area contributed by atoms with Crippen molar-refractivity contribution in [3.05, 3.63) is 119 Å². The lowest BCUT2D eigenvalue weighted by atomic mass is 9.97. The minimum atomic E-state index is -0.857. The van der Waals surface area contributed by atoms with Crippen LogP contribution in [0.3, 0.4) is 0 Å². The van der Waals surface area contributed by atoms with Crippen LogP contribution in [0.5, 0.6) is 0 Å². The lowest BCUT2D eigenvalue weighted by molar-refractivity contribution is 0.514. The maximum Gasteiger partial charge on any atom is 0.167 e. The molecule has 0 N–H and O–H groups in total. The van der Waals surface area contributed by atoms with E-state index in [1.807, 2.05) is 61.5 Å². The number of hydrogen-bond acceptors (Lipinski definition) is 0. The van der Waals surface area contributed by atoms with Gasteiger partial charge in [0.15, 0.2) is 11.6 Å². The summed E-state index contributed by atoms with van der Waals surface area (Å²) in [5.74, 6) is -1.91. The van der Waals surface area contributed by atoms with Gasteiger partial charge >= 0.3 is 0 Å². The van der Waals surface area contributed by atoms with Gasteiger partial charge in [-0.15, -0.1) is 0 Å². The quantitative estimate of drug-likeness (QED) is 0.243. The average Bonchev–Trinajstić information content (AvgIpc) is 2.86. The molecule has 0 unspecified atom stereocenters. The molecule has 0 fully saturated rings. The van der Waals surface area contributed by atoms with Crippen molar-refractivity contribution in [2.75, 3.05) is 0 Å². The minimum Gasteiger partial charge on any atom is -0.207 e. The van der Waals surface area contributed by atoms with Crippen molar-refractivity contribution in [1.82, 2.24) is 0 Å². The molecule has 4 aromatic carbocycles. The summed E-state index contributed by atoms with van der Waals surface area (Å²) >= 11 is 0. The Hall–Kier alpha value is -3.59. The van der Waals surface area contributed by atoms with Crippen LogP contribution in [-0.4, -0.2) is 0 Å². The van der Waals surface area contributed by atoms with Gasteiger partial charge in [-0.2, -0.15) is 0 Å². The molecule has 0 amide bonds. The van der Waals surface area contributed by atoms with Crippen molar-refractivity contribution in [1.29, 1.82) is 0 Å². The third-order valence-electron chi connectivity index (χ3n) is 6.03. The predicted molar refractivity (Wildman–Crippen MR) is 136 cm³/mol. The topological polar surface area (TPSA) is 0 Å². The lowest BCUT2D eigenvalue weighted by Crippen LogP contribution is -1.94. The molecule has 4 rings (SSSR count). The minimum absolute atomic E-state index is 0.210. The van der Waals surface area contributed by atoms with Crippen LogP contribution in [0, 0.1) is 17.5 Å². The van der Waals surface area contributed by atoms with Crippen LogP contribution >= 0.6 is 0 Å². The molecular weight excluding hydrogens is 429 g/mol. The van der Waals surface area contributed by atoms with Crippen LogP contribution < -0.4 is 0 Å². The summed E-state index contributed by atoms with van der Waals surface area (Å²) in [6.07, 6.45) is 6.35. The molecule has 0 spiro atoms. The second-order valence-electron chi connectivity index (χ2n) is 8.40. The Kier molecular flexibility index (Phi) is 7.32. The van der Waals surface area contributed by atoms with Crippen molar-refractivity contribution < 1.29 is 13.2 Å². The molecular formula is C31H27F3. The number of aryl methyl sites for hydroxylation is 2. The zero-order chi connectivity index (χ0) is 24.1. The van der Waals surface area contributed by atoms with Gasteiger partial charge in [0.25, 0.3) is 0 Å². The number of hydrogen-bond donors (Lipinski definition) is 0. The first kappa shape index (κ1) is 23.6. The van der Waals surface area contributed by atoms with Gasteiger partial charge in [0, 0.05) is 11.1 Å². The summed E-state index contributed by atoms with van der Waals surface area (Å²) in [5.41, 5.74) is 5.25. The van der Waals surface area contributed by atoms with Gasteiger partial charge in [-0.3, -0.25) is 0 Å². The molecule has 172 valence electrons. The van der Waals surface area contributed by atoms with Crippen LogP contribution in [-0.2, 0) is 12.8 Å². The van der Waals surface area contributed by atoms with E-state index in [1.165, 1.54) is 11.6 Å². The van der Waals surface area contributed by atoms with E-state index in [1.54, 1.807) is 30.3 Å². The van der Waals surface area contributed by atoms with Crippen LogP contribution in [0.2, 0.25) is 0 Å². The fraction of sp³-hybridized carbons (Fsp3) is 0.161. The van der Waals surface area contributed by atoms with Gasteiger partial charge in [0.2, 0.25) is 0 Å². The summed E-state index contributed by atoms with van der Waals surface area (Å²) < 4.78 is 43.9. The molecule has 0 bridgehead atoms. The smallest absolute Gasteiger partial charge is 0.167 e. The predicted octanol–water partition coefficient (Wildman–Crippen LogP) is 9.12. The third-order valence-corrected chi connectivity index (χ3v) is 6.03. The Morgan fingerprint density at radius 3 is 1.68 bits per heavy atom. The van der Waals surface area contributed by atoms with Crippen molar-refractivity contribution >= 4 is 12.2 Å². The molecule has 4 aromatic rings. The number of benzene rings is 4. The van der Waals surface area contributed by atoms with Crippen LogP contribution in [0.15, 0.2) is 78.9 Å². The van der Waals surface area contributed by atoms with Gasteiger partial charge in [-0.05, 0) is 52.3 Å². The maximum atomic E-state index is 15.0. The van der Waals surface area contributed by atoms with E-state index in [9.17, 15) is 13.2 Å². The van der Waals surface area contributed by atoms with E-state index in [0.717, 1.165) is 24.0 Å². The van der Waals surface area contributed by atoms with Gasteiger partial charge in [0.1, 0.15) is 5.82 Å². The maximum absolute atomic E-state index is 15.0. The highest BCUT2D eigenvalue weighted by Crippen LogP contribution is 2.32. The molecule has 0 aliphatic carbocycles. The van der Waals surface area contributed by atoms with Crippen LogP contribution in [0.1, 0.15) is 42.5 Å². The molecule has 0 saturated heterocycles. The molecule has 0 aromatic heterocycles. The Bertz CT molecular complexity index is 1300. The SMILES string of the molecule is CCCc1ccc(-c2ccc(-c3ccc(/C=C/c4ccc(CC)c(F)c4)cc3)c(F)c2F)cc1. The van der Waals surface area contributed by atoms with E-state index >= 15 is 0 Å². The first-order valence-corrected chi connectivity index (χ1v) is 11.6. The van der Waals surface area contributed by atoms with Crippen molar-refractivity contribution in [2.45, 2.75) is 33.1 Å². The Balaban J connectivity index is 1.54. The highest BCUT2D eigenvalue weighted by atomic mass is 19.2. The molecule has 0 atom stereocenters. The van der Waals surface area contributed by atoms with Gasteiger partial charge in [-0.1, -0.05) is 105 Å². The third kappa shape index (κ3) is 5.14. The molecule has 0 saturated carbocycles. The fourth-order valence-electron chi connectivity index (χ4n) is 4.06. The zero-order valence-corrected chi connectivity index (χ0v) is 19.4. The standard InChI is InChI=1S/C31H27F3/c1-3-5-21-8-14-25(15-9-21)27-18-19-28(31(34)30(27)33)26-16-10-22(11-17-26)6-7-23-12-13-24(4-2)29(32)20-23/h6-20H,3-5H2,1-2H3/b7-6+. The normalized spacial score (nSPS) is 11.3. The fourth-order valence-corrected chi connectivity index (χ4v) is 4.06. The Morgan fingerprint density at radius 2 is 1.15 bits per heavy atom. The van der Waals surface area contributed by atoms with E-state index in [4.69, 9.17) is 0 Å². The van der Waals surface area contributed by atoms with Crippen molar-refractivity contribution in [2.24, 2.45) is 0 Å². The average molecular weight is 457 g/mol. The summed E-state index contributed by atoms with van der Waals surface area (Å²) in [4.78, 5) is 0. The first-order valence-electron chi connectivity index (χ1n) is 11.6. The molecule has 0 heterocycles. The van der Waals surface area contributed by atoms with Gasteiger partial charge < -0.3 is 0 Å². The van der Waals surface area contributed by atoms with Crippen LogP contribution in [0.25, 0.3) is 34.4 Å². The largest absolute Gasteiger partial charge is 0.207 e. The highest BCUT2D eigenvalue weighted by molar-refractivity contribution is 5.74. The highest BCUT2D eigenvalue weighted by Gasteiger charge is 2.16.